The Balaban J connectivity index is 1.99. The normalized spacial score (nSPS) is 16.2. The van der Waals surface area contributed by atoms with Crippen LogP contribution >= 0.6 is 22.9 Å². The molecule has 0 bridgehead atoms. The highest BCUT2D eigenvalue weighted by atomic mass is 35.5. The number of benzene rings is 2. The minimum atomic E-state index is -0.586. The van der Waals surface area contributed by atoms with Crippen LogP contribution in [0, 0.1) is 0 Å². The number of allylic oxidation sites excluding steroid dienone is 1. The van der Waals surface area contributed by atoms with Gasteiger partial charge in [0.15, 0.2) is 4.80 Å². The molecule has 30 heavy (non-hydrogen) atoms. The lowest BCUT2D eigenvalue weighted by molar-refractivity contribution is -0.136. The third-order valence-corrected chi connectivity index (χ3v) is 6.17. The van der Waals surface area contributed by atoms with Crippen molar-refractivity contribution in [2.75, 3.05) is 7.11 Å². The van der Waals surface area contributed by atoms with Gasteiger partial charge in [-0.2, -0.15) is 0 Å². The molecule has 1 atom stereocenters. The second kappa shape index (κ2) is 8.42. The van der Waals surface area contributed by atoms with E-state index in [1.54, 1.807) is 16.7 Å². The summed E-state index contributed by atoms with van der Waals surface area (Å²) in [5.41, 5.74) is 2.53. The van der Waals surface area contributed by atoms with Crippen molar-refractivity contribution in [2.24, 2.45) is 4.99 Å². The molecule has 1 aliphatic rings. The Hall–Kier alpha value is -2.96. The van der Waals surface area contributed by atoms with Gasteiger partial charge in [-0.1, -0.05) is 72.3 Å². The first kappa shape index (κ1) is 20.3. The minimum absolute atomic E-state index is 0.195. The van der Waals surface area contributed by atoms with Crippen molar-refractivity contribution >= 4 is 35.0 Å². The van der Waals surface area contributed by atoms with Crippen molar-refractivity contribution < 1.29 is 9.53 Å². The highest BCUT2D eigenvalue weighted by Crippen LogP contribution is 2.31. The number of thiazole rings is 1. The van der Waals surface area contributed by atoms with Gasteiger partial charge in [-0.05, 0) is 35.8 Å². The van der Waals surface area contributed by atoms with Crippen LogP contribution in [0.5, 0.6) is 0 Å². The average molecular weight is 439 g/mol. The van der Waals surface area contributed by atoms with Gasteiger partial charge in [0, 0.05) is 5.02 Å². The van der Waals surface area contributed by atoms with Crippen LogP contribution < -0.4 is 14.9 Å². The molecule has 1 aromatic heterocycles. The lowest BCUT2D eigenvalue weighted by Crippen LogP contribution is -2.40. The Bertz CT molecular complexity index is 1310. The number of carbonyl (C=O) groups excluding carboxylic acids is 1. The Morgan fingerprint density at radius 1 is 1.20 bits per heavy atom. The summed E-state index contributed by atoms with van der Waals surface area (Å²) in [6, 6.07) is 16.2. The maximum absolute atomic E-state index is 13.4. The van der Waals surface area contributed by atoms with Gasteiger partial charge in [0.25, 0.3) is 5.56 Å². The predicted molar refractivity (Wildman–Crippen MR) is 118 cm³/mol. The SMILES string of the molecule is CCC1=C(C(=O)OC)[C@H](c2ccccc2)n2c(s/c(=C\c3ccc(Cl)cc3)c2=O)=N1. The molecule has 2 aromatic carbocycles. The second-order valence-electron chi connectivity index (χ2n) is 6.75. The van der Waals surface area contributed by atoms with Gasteiger partial charge in [0.05, 0.1) is 29.0 Å². The first-order chi connectivity index (χ1) is 14.5. The first-order valence-corrected chi connectivity index (χ1v) is 10.7. The molecule has 2 heterocycles. The zero-order valence-electron chi connectivity index (χ0n) is 16.5. The fourth-order valence-electron chi connectivity index (χ4n) is 3.53. The van der Waals surface area contributed by atoms with Crippen LogP contribution in [-0.4, -0.2) is 17.6 Å². The highest BCUT2D eigenvalue weighted by Gasteiger charge is 2.33. The third-order valence-electron chi connectivity index (χ3n) is 4.93. The minimum Gasteiger partial charge on any atom is -0.466 e. The molecule has 0 saturated heterocycles. The number of fused-ring (bicyclic) bond motifs is 1. The number of rotatable bonds is 4. The first-order valence-electron chi connectivity index (χ1n) is 9.47. The maximum atomic E-state index is 13.4. The summed E-state index contributed by atoms with van der Waals surface area (Å²) in [5, 5.41) is 0.632. The molecular formula is C23H19ClN2O3S. The van der Waals surface area contributed by atoms with Crippen molar-refractivity contribution in [3.8, 4) is 0 Å². The van der Waals surface area contributed by atoms with Crippen molar-refractivity contribution in [1.29, 1.82) is 0 Å². The second-order valence-corrected chi connectivity index (χ2v) is 8.20. The largest absolute Gasteiger partial charge is 0.466 e. The van der Waals surface area contributed by atoms with Gasteiger partial charge in [0.1, 0.15) is 0 Å². The fourth-order valence-corrected chi connectivity index (χ4v) is 4.67. The van der Waals surface area contributed by atoms with E-state index in [9.17, 15) is 9.59 Å². The van der Waals surface area contributed by atoms with E-state index in [2.05, 4.69) is 4.99 Å². The van der Waals surface area contributed by atoms with Crippen LogP contribution in [0.3, 0.4) is 0 Å². The van der Waals surface area contributed by atoms with Gasteiger partial charge >= 0.3 is 5.97 Å². The van der Waals surface area contributed by atoms with Crippen molar-refractivity contribution in [1.82, 2.24) is 4.57 Å². The molecule has 5 nitrogen and oxygen atoms in total. The molecule has 0 aliphatic carbocycles. The summed E-state index contributed by atoms with van der Waals surface area (Å²) in [6.45, 7) is 1.94. The average Bonchev–Trinajstić information content (AvgIpc) is 3.08. The van der Waals surface area contributed by atoms with Crippen LogP contribution in [0.4, 0.5) is 0 Å². The fraction of sp³-hybridized carbons (Fsp3) is 0.174. The quantitative estimate of drug-likeness (QED) is 0.586. The smallest absolute Gasteiger partial charge is 0.338 e. The molecule has 152 valence electrons. The van der Waals surface area contributed by atoms with Crippen molar-refractivity contribution in [3.05, 3.63) is 102 Å². The van der Waals surface area contributed by atoms with E-state index in [-0.39, 0.29) is 5.56 Å². The Morgan fingerprint density at radius 2 is 1.90 bits per heavy atom. The van der Waals surface area contributed by atoms with Crippen LogP contribution in [0.15, 0.2) is 75.7 Å². The summed E-state index contributed by atoms with van der Waals surface area (Å²) in [4.78, 5) is 31.3. The number of carbonyl (C=O) groups is 1. The number of hydrogen-bond acceptors (Lipinski definition) is 5. The van der Waals surface area contributed by atoms with E-state index >= 15 is 0 Å². The van der Waals surface area contributed by atoms with E-state index in [0.29, 0.717) is 32.0 Å². The van der Waals surface area contributed by atoms with E-state index in [1.807, 2.05) is 55.5 Å². The summed E-state index contributed by atoms with van der Waals surface area (Å²) in [6.07, 6.45) is 2.37. The number of nitrogens with zero attached hydrogens (tertiary/aromatic N) is 2. The molecule has 3 aromatic rings. The number of ether oxygens (including phenoxy) is 1. The summed E-state index contributed by atoms with van der Waals surface area (Å²) in [5.74, 6) is -0.476. The monoisotopic (exact) mass is 438 g/mol. The van der Waals surface area contributed by atoms with Crippen LogP contribution in [0.25, 0.3) is 6.08 Å². The van der Waals surface area contributed by atoms with Crippen LogP contribution in [-0.2, 0) is 9.53 Å². The number of halogens is 1. The van der Waals surface area contributed by atoms with E-state index in [1.165, 1.54) is 18.4 Å². The lowest BCUT2D eigenvalue weighted by atomic mass is 9.95. The van der Waals surface area contributed by atoms with E-state index in [4.69, 9.17) is 16.3 Å². The molecule has 0 radical (unpaired) electrons. The van der Waals surface area contributed by atoms with Crippen LogP contribution in [0.2, 0.25) is 5.02 Å². The van der Waals surface area contributed by atoms with Crippen LogP contribution in [0.1, 0.15) is 30.5 Å². The molecule has 0 amide bonds. The Labute approximate surface area is 182 Å². The number of aromatic nitrogens is 1. The zero-order valence-corrected chi connectivity index (χ0v) is 18.0. The molecule has 4 rings (SSSR count). The van der Waals surface area contributed by atoms with Gasteiger partial charge in [-0.3, -0.25) is 9.36 Å². The number of methoxy groups -OCH3 is 1. The van der Waals surface area contributed by atoms with Gasteiger partial charge in [-0.25, -0.2) is 9.79 Å². The molecule has 1 aliphatic heterocycles. The Kier molecular flexibility index (Phi) is 5.70. The molecule has 0 fully saturated rings. The van der Waals surface area contributed by atoms with Gasteiger partial charge in [0.2, 0.25) is 0 Å². The molecule has 7 heteroatoms. The summed E-state index contributed by atoms with van der Waals surface area (Å²) in [7, 11) is 1.34. The topological polar surface area (TPSA) is 60.7 Å². The predicted octanol–water partition coefficient (Wildman–Crippen LogP) is 3.45. The van der Waals surface area contributed by atoms with Gasteiger partial charge in [-0.15, -0.1) is 0 Å². The lowest BCUT2D eigenvalue weighted by Gasteiger charge is -2.25. The number of esters is 1. The summed E-state index contributed by atoms with van der Waals surface area (Å²) >= 11 is 7.27. The molecule has 0 saturated carbocycles. The molecule has 0 N–H and O–H groups in total. The van der Waals surface area contributed by atoms with E-state index < -0.39 is 12.0 Å². The third kappa shape index (κ3) is 3.64. The van der Waals surface area contributed by atoms with Crippen molar-refractivity contribution in [2.45, 2.75) is 19.4 Å². The molecule has 0 unspecified atom stereocenters. The zero-order chi connectivity index (χ0) is 21.3. The van der Waals surface area contributed by atoms with E-state index in [0.717, 1.165) is 11.1 Å². The van der Waals surface area contributed by atoms with Gasteiger partial charge < -0.3 is 4.74 Å². The number of hydrogen-bond donors (Lipinski definition) is 0. The Morgan fingerprint density at radius 3 is 2.53 bits per heavy atom. The highest BCUT2D eigenvalue weighted by molar-refractivity contribution is 7.07. The molecular weight excluding hydrogens is 420 g/mol. The maximum Gasteiger partial charge on any atom is 0.338 e. The molecule has 0 spiro atoms. The summed E-state index contributed by atoms with van der Waals surface area (Å²) < 4.78 is 7.18. The van der Waals surface area contributed by atoms with Crippen molar-refractivity contribution in [3.63, 3.8) is 0 Å². The standard InChI is InChI=1S/C23H19ClN2O3S/c1-3-17-19(22(28)29-2)20(15-7-5-4-6-8-15)26-21(27)18(30-23(26)25-17)13-14-9-11-16(24)12-10-14/h4-13,20H,3H2,1-2H3/b18-13-/t20-/m0/s1.